The highest BCUT2D eigenvalue weighted by Gasteiger charge is 2.14. The highest BCUT2D eigenvalue weighted by atomic mass is 79.9. The molecule has 0 aliphatic rings. The van der Waals surface area contributed by atoms with Crippen LogP contribution in [0.2, 0.25) is 0 Å². The van der Waals surface area contributed by atoms with Gasteiger partial charge in [0, 0.05) is 24.5 Å². The summed E-state index contributed by atoms with van der Waals surface area (Å²) in [4.78, 5) is 1.21. The minimum Gasteiger partial charge on any atom is -0.276 e. The van der Waals surface area contributed by atoms with Crippen LogP contribution in [-0.2, 0) is 13.5 Å². The molecule has 2 aromatic heterocycles. The molecule has 1 unspecified atom stereocenters. The summed E-state index contributed by atoms with van der Waals surface area (Å²) in [6.45, 7) is 0. The first-order chi connectivity index (χ1) is 7.69. The van der Waals surface area contributed by atoms with Crippen molar-refractivity contribution in [3.8, 4) is 0 Å². The van der Waals surface area contributed by atoms with E-state index in [0.717, 1.165) is 15.9 Å². The largest absolute Gasteiger partial charge is 0.276 e. The standard InChI is InChI=1S/C10H13BrN4S/c1-15-5-4-7(14-15)6-8(13-12)9-2-3-10(11)16-9/h2-5,8,13H,6,12H2,1H3. The Kier molecular flexibility index (Phi) is 3.75. The molecule has 0 amide bonds. The third-order valence-corrected chi connectivity index (χ3v) is 4.06. The molecule has 86 valence electrons. The van der Waals surface area contributed by atoms with Crippen LogP contribution in [0.4, 0.5) is 0 Å². The average molecular weight is 301 g/mol. The van der Waals surface area contributed by atoms with Gasteiger partial charge in [0.05, 0.1) is 15.5 Å². The topological polar surface area (TPSA) is 55.9 Å². The predicted molar refractivity (Wildman–Crippen MR) is 69.0 cm³/mol. The summed E-state index contributed by atoms with van der Waals surface area (Å²) in [6.07, 6.45) is 2.73. The van der Waals surface area contributed by atoms with Crippen molar-refractivity contribution in [1.29, 1.82) is 0 Å². The summed E-state index contributed by atoms with van der Waals surface area (Å²) in [5.74, 6) is 5.58. The van der Waals surface area contributed by atoms with Crippen molar-refractivity contribution in [2.75, 3.05) is 0 Å². The van der Waals surface area contributed by atoms with E-state index in [1.165, 1.54) is 4.88 Å². The highest BCUT2D eigenvalue weighted by Crippen LogP contribution is 2.28. The first-order valence-electron chi connectivity index (χ1n) is 4.89. The number of nitrogens with one attached hydrogen (secondary N) is 1. The number of halogens is 1. The Balaban J connectivity index is 2.12. The molecule has 0 aromatic carbocycles. The summed E-state index contributed by atoms with van der Waals surface area (Å²) in [7, 11) is 1.91. The van der Waals surface area contributed by atoms with Gasteiger partial charge in [-0.25, -0.2) is 0 Å². The second-order valence-corrected chi connectivity index (χ2v) is 6.04. The Morgan fingerprint density at radius 2 is 2.38 bits per heavy atom. The van der Waals surface area contributed by atoms with E-state index in [1.54, 1.807) is 16.0 Å². The normalized spacial score (nSPS) is 12.9. The van der Waals surface area contributed by atoms with Crippen molar-refractivity contribution in [2.45, 2.75) is 12.5 Å². The van der Waals surface area contributed by atoms with Crippen molar-refractivity contribution in [1.82, 2.24) is 15.2 Å². The van der Waals surface area contributed by atoms with Crippen LogP contribution in [0.15, 0.2) is 28.2 Å². The minimum absolute atomic E-state index is 0.117. The minimum atomic E-state index is 0.117. The smallest absolute Gasteiger partial charge is 0.0702 e. The Bertz CT molecular complexity index is 465. The van der Waals surface area contributed by atoms with Crippen molar-refractivity contribution >= 4 is 27.3 Å². The molecule has 0 radical (unpaired) electrons. The van der Waals surface area contributed by atoms with E-state index >= 15 is 0 Å². The maximum atomic E-state index is 5.58. The molecule has 0 aliphatic heterocycles. The van der Waals surface area contributed by atoms with Crippen molar-refractivity contribution in [3.63, 3.8) is 0 Å². The molecular weight excluding hydrogens is 288 g/mol. The van der Waals surface area contributed by atoms with Crippen LogP contribution in [0.5, 0.6) is 0 Å². The highest BCUT2D eigenvalue weighted by molar-refractivity contribution is 9.11. The summed E-state index contributed by atoms with van der Waals surface area (Å²) >= 11 is 5.14. The fourth-order valence-corrected chi connectivity index (χ4v) is 3.02. The fraction of sp³-hybridized carbons (Fsp3) is 0.300. The molecule has 4 nitrogen and oxygen atoms in total. The molecule has 6 heteroatoms. The van der Waals surface area contributed by atoms with E-state index in [2.05, 4.69) is 32.5 Å². The fourth-order valence-electron chi connectivity index (χ4n) is 1.54. The first-order valence-corrected chi connectivity index (χ1v) is 6.50. The number of nitrogens with zero attached hydrogens (tertiary/aromatic N) is 2. The van der Waals surface area contributed by atoms with E-state index < -0.39 is 0 Å². The second-order valence-electron chi connectivity index (χ2n) is 3.55. The lowest BCUT2D eigenvalue weighted by Gasteiger charge is -2.12. The van der Waals surface area contributed by atoms with Gasteiger partial charge in [-0.1, -0.05) is 0 Å². The van der Waals surface area contributed by atoms with E-state index in [9.17, 15) is 0 Å². The predicted octanol–water partition coefficient (Wildman–Crippen LogP) is 1.99. The summed E-state index contributed by atoms with van der Waals surface area (Å²) in [5, 5.41) is 4.34. The molecule has 0 saturated heterocycles. The molecular formula is C10H13BrN4S. The lowest BCUT2D eigenvalue weighted by molar-refractivity contribution is 0.549. The van der Waals surface area contributed by atoms with Crippen LogP contribution in [0.25, 0.3) is 0 Å². The number of rotatable bonds is 4. The zero-order valence-electron chi connectivity index (χ0n) is 8.85. The van der Waals surface area contributed by atoms with Crippen molar-refractivity contribution in [3.05, 3.63) is 38.8 Å². The van der Waals surface area contributed by atoms with Crippen molar-refractivity contribution in [2.24, 2.45) is 12.9 Å². The third-order valence-electron chi connectivity index (χ3n) is 2.32. The van der Waals surface area contributed by atoms with Gasteiger partial charge in [-0.2, -0.15) is 5.10 Å². The Morgan fingerprint density at radius 3 is 2.88 bits per heavy atom. The number of aryl methyl sites for hydroxylation is 1. The van der Waals surface area contributed by atoms with Gasteiger partial charge in [0.1, 0.15) is 0 Å². The van der Waals surface area contributed by atoms with Gasteiger partial charge in [0.25, 0.3) is 0 Å². The molecule has 1 atom stereocenters. The molecule has 16 heavy (non-hydrogen) atoms. The second kappa shape index (κ2) is 5.09. The van der Waals surface area contributed by atoms with E-state index in [4.69, 9.17) is 5.84 Å². The van der Waals surface area contributed by atoms with E-state index in [-0.39, 0.29) is 6.04 Å². The Hall–Kier alpha value is -0.690. The van der Waals surface area contributed by atoms with Crippen LogP contribution in [-0.4, -0.2) is 9.78 Å². The zero-order chi connectivity index (χ0) is 11.5. The lowest BCUT2D eigenvalue weighted by Crippen LogP contribution is -2.29. The molecule has 0 fully saturated rings. The molecule has 0 saturated carbocycles. The summed E-state index contributed by atoms with van der Waals surface area (Å²) in [6, 6.07) is 6.23. The monoisotopic (exact) mass is 300 g/mol. The third kappa shape index (κ3) is 2.70. The van der Waals surface area contributed by atoms with Crippen LogP contribution < -0.4 is 11.3 Å². The van der Waals surface area contributed by atoms with Gasteiger partial charge < -0.3 is 0 Å². The number of hydrogen-bond donors (Lipinski definition) is 2. The zero-order valence-corrected chi connectivity index (χ0v) is 11.3. The number of aromatic nitrogens is 2. The summed E-state index contributed by atoms with van der Waals surface area (Å²) in [5.41, 5.74) is 3.87. The van der Waals surface area contributed by atoms with Gasteiger partial charge in [0.2, 0.25) is 0 Å². The maximum absolute atomic E-state index is 5.58. The molecule has 3 N–H and O–H groups in total. The Morgan fingerprint density at radius 1 is 1.56 bits per heavy atom. The maximum Gasteiger partial charge on any atom is 0.0702 e. The molecule has 2 heterocycles. The molecule has 2 rings (SSSR count). The van der Waals surface area contributed by atoms with Gasteiger partial charge in [-0.3, -0.25) is 16.0 Å². The molecule has 0 aliphatic carbocycles. The van der Waals surface area contributed by atoms with Gasteiger partial charge in [-0.05, 0) is 34.1 Å². The SMILES string of the molecule is Cn1ccc(CC(NN)c2ccc(Br)s2)n1. The van der Waals surface area contributed by atoms with Crippen LogP contribution in [0.3, 0.4) is 0 Å². The summed E-state index contributed by atoms with van der Waals surface area (Å²) < 4.78 is 2.91. The number of hydrogen-bond acceptors (Lipinski definition) is 4. The average Bonchev–Trinajstić information content (AvgIpc) is 2.84. The van der Waals surface area contributed by atoms with Crippen LogP contribution in [0, 0.1) is 0 Å². The number of thiophene rings is 1. The Labute approximate surface area is 107 Å². The van der Waals surface area contributed by atoms with Crippen molar-refractivity contribution < 1.29 is 0 Å². The van der Waals surface area contributed by atoms with Crippen LogP contribution in [0.1, 0.15) is 16.6 Å². The molecule has 0 bridgehead atoms. The van der Waals surface area contributed by atoms with Gasteiger partial charge in [-0.15, -0.1) is 11.3 Å². The quantitative estimate of drug-likeness (QED) is 0.671. The number of nitrogens with two attached hydrogens (primary N) is 1. The van der Waals surface area contributed by atoms with E-state index in [0.29, 0.717) is 0 Å². The van der Waals surface area contributed by atoms with Gasteiger partial charge in [0.15, 0.2) is 0 Å². The van der Waals surface area contributed by atoms with Gasteiger partial charge >= 0.3 is 0 Å². The lowest BCUT2D eigenvalue weighted by atomic mass is 10.1. The number of hydrazine groups is 1. The first kappa shape index (κ1) is 11.8. The van der Waals surface area contributed by atoms with Crippen LogP contribution >= 0.6 is 27.3 Å². The van der Waals surface area contributed by atoms with E-state index in [1.807, 2.05) is 25.4 Å². The molecule has 0 spiro atoms. The molecule has 2 aromatic rings.